The molecule has 0 aliphatic rings. The lowest BCUT2D eigenvalue weighted by molar-refractivity contribution is -0.391. The van der Waals surface area contributed by atoms with Crippen LogP contribution >= 0.6 is 0 Å². The van der Waals surface area contributed by atoms with Crippen LogP contribution in [-0.2, 0) is 0 Å². The van der Waals surface area contributed by atoms with Crippen LogP contribution in [0.3, 0.4) is 0 Å². The van der Waals surface area contributed by atoms with Crippen molar-refractivity contribution >= 4 is 11.8 Å². The van der Waals surface area contributed by atoms with Crippen molar-refractivity contribution in [2.24, 2.45) is 0 Å². The molecule has 1 rings (SSSR count). The number of carbonyl (C=O) groups is 1. The van der Waals surface area contributed by atoms with E-state index in [4.69, 9.17) is 5.11 Å². The van der Waals surface area contributed by atoms with E-state index in [0.29, 0.717) is 0 Å². The van der Waals surface area contributed by atoms with Crippen LogP contribution in [0.25, 0.3) is 0 Å². The summed E-state index contributed by atoms with van der Waals surface area (Å²) < 4.78 is 37.5. The van der Waals surface area contributed by atoms with Crippen molar-refractivity contribution in [1.29, 1.82) is 0 Å². The lowest BCUT2D eigenvalue weighted by Crippen LogP contribution is -2.08. The largest absolute Gasteiger partial charge is 0.475 e. The molecule has 0 unspecified atom stereocenters. The number of carboxylic acids is 1. The number of alkyl halides is 2. The van der Waals surface area contributed by atoms with Crippen LogP contribution < -0.4 is 0 Å². The molecule has 0 aliphatic carbocycles. The second kappa shape index (κ2) is 4.13. The maximum absolute atomic E-state index is 13.0. The Kier molecular flexibility index (Phi) is 3.06. The summed E-state index contributed by atoms with van der Waals surface area (Å²) in [6, 6.07) is 0.205. The molecule has 0 amide bonds. The smallest absolute Gasteiger partial charge is 0.380 e. The monoisotopic (exact) mass is 236 g/mol. The number of halogens is 3. The summed E-state index contributed by atoms with van der Waals surface area (Å²) in [5, 5.41) is 18.7. The average Bonchev–Trinajstić information content (AvgIpc) is 2.15. The molecule has 0 bridgehead atoms. The van der Waals surface area contributed by atoms with Gasteiger partial charge in [0.15, 0.2) is 5.56 Å². The highest BCUT2D eigenvalue weighted by Crippen LogP contribution is 2.30. The number of aromatic nitrogens is 1. The van der Waals surface area contributed by atoms with Crippen molar-refractivity contribution in [1.82, 2.24) is 4.98 Å². The predicted molar refractivity (Wildman–Crippen MR) is 42.8 cm³/mol. The SMILES string of the molecule is O=C(O)c1cc(F)c(C(F)F)c([N+](=O)[O-])n1. The first-order chi connectivity index (χ1) is 7.34. The van der Waals surface area contributed by atoms with Gasteiger partial charge in [0.05, 0.1) is 0 Å². The zero-order chi connectivity index (χ0) is 12.5. The van der Waals surface area contributed by atoms with E-state index in [1.807, 2.05) is 0 Å². The fourth-order valence-electron chi connectivity index (χ4n) is 0.962. The van der Waals surface area contributed by atoms with E-state index in [9.17, 15) is 28.1 Å². The molecule has 1 heterocycles. The van der Waals surface area contributed by atoms with Gasteiger partial charge < -0.3 is 15.2 Å². The summed E-state index contributed by atoms with van der Waals surface area (Å²) in [7, 11) is 0. The Bertz CT molecular complexity index is 463. The fraction of sp³-hybridized carbons (Fsp3) is 0.143. The fourth-order valence-corrected chi connectivity index (χ4v) is 0.962. The van der Waals surface area contributed by atoms with E-state index in [1.165, 1.54) is 0 Å². The minimum absolute atomic E-state index is 0.205. The Morgan fingerprint density at radius 2 is 2.12 bits per heavy atom. The van der Waals surface area contributed by atoms with E-state index in [1.54, 1.807) is 0 Å². The number of nitrogens with zero attached hydrogens (tertiary/aromatic N) is 2. The summed E-state index contributed by atoms with van der Waals surface area (Å²) in [5.41, 5.74) is -2.52. The van der Waals surface area contributed by atoms with Crippen LogP contribution in [0.15, 0.2) is 6.07 Å². The molecule has 0 saturated heterocycles. The third-order valence-electron chi connectivity index (χ3n) is 1.60. The van der Waals surface area contributed by atoms with Crippen molar-refractivity contribution in [2.45, 2.75) is 6.43 Å². The summed E-state index contributed by atoms with van der Waals surface area (Å²) >= 11 is 0. The highest BCUT2D eigenvalue weighted by atomic mass is 19.3. The molecule has 86 valence electrons. The van der Waals surface area contributed by atoms with E-state index in [2.05, 4.69) is 4.98 Å². The first-order valence-corrected chi connectivity index (χ1v) is 3.71. The number of nitro groups is 1. The van der Waals surface area contributed by atoms with Gasteiger partial charge in [0.1, 0.15) is 5.82 Å². The van der Waals surface area contributed by atoms with Crippen molar-refractivity contribution in [3.05, 3.63) is 33.3 Å². The Hall–Kier alpha value is -2.19. The van der Waals surface area contributed by atoms with Crippen molar-refractivity contribution in [2.75, 3.05) is 0 Å². The van der Waals surface area contributed by atoms with Crippen molar-refractivity contribution in [3.8, 4) is 0 Å². The molecule has 0 atom stereocenters. The van der Waals surface area contributed by atoms with E-state index >= 15 is 0 Å². The van der Waals surface area contributed by atoms with E-state index in [-0.39, 0.29) is 6.07 Å². The molecule has 0 spiro atoms. The highest BCUT2D eigenvalue weighted by molar-refractivity contribution is 5.85. The lowest BCUT2D eigenvalue weighted by atomic mass is 10.2. The minimum atomic E-state index is -3.45. The first-order valence-electron chi connectivity index (χ1n) is 3.71. The Labute approximate surface area is 85.5 Å². The van der Waals surface area contributed by atoms with Gasteiger partial charge in [-0.3, -0.25) is 0 Å². The van der Waals surface area contributed by atoms with Crippen LogP contribution in [0.5, 0.6) is 0 Å². The van der Waals surface area contributed by atoms with Crippen LogP contribution in [0.2, 0.25) is 0 Å². The van der Waals surface area contributed by atoms with E-state index < -0.39 is 40.2 Å². The summed E-state index contributed by atoms with van der Waals surface area (Å²) in [6.45, 7) is 0. The van der Waals surface area contributed by atoms with Gasteiger partial charge in [0, 0.05) is 6.07 Å². The molecule has 9 heteroatoms. The lowest BCUT2D eigenvalue weighted by Gasteiger charge is -2.02. The molecule has 0 saturated carbocycles. The maximum Gasteiger partial charge on any atom is 0.380 e. The van der Waals surface area contributed by atoms with Crippen molar-refractivity contribution in [3.63, 3.8) is 0 Å². The Balaban J connectivity index is 3.52. The first kappa shape index (κ1) is 11.9. The second-order valence-corrected chi connectivity index (χ2v) is 2.59. The third-order valence-corrected chi connectivity index (χ3v) is 1.60. The molecule has 0 aromatic carbocycles. The molecule has 16 heavy (non-hydrogen) atoms. The van der Waals surface area contributed by atoms with Crippen molar-refractivity contribution < 1.29 is 28.0 Å². The number of hydrogen-bond acceptors (Lipinski definition) is 4. The number of carboxylic acid groups (broad SMARTS) is 1. The molecule has 0 fully saturated rings. The Morgan fingerprint density at radius 3 is 2.50 bits per heavy atom. The van der Waals surface area contributed by atoms with Crippen LogP contribution in [0.4, 0.5) is 19.0 Å². The maximum atomic E-state index is 13.0. The minimum Gasteiger partial charge on any atom is -0.475 e. The predicted octanol–water partition coefficient (Wildman–Crippen LogP) is 1.76. The standard InChI is InChI=1S/C7H3F3N2O4/c8-2-1-3(7(13)14)11-6(12(15)16)4(2)5(9)10/h1,5H,(H,13,14). The number of hydrogen-bond donors (Lipinski definition) is 1. The Morgan fingerprint density at radius 1 is 1.56 bits per heavy atom. The summed E-state index contributed by atoms with van der Waals surface area (Å²) in [6.07, 6.45) is -3.45. The zero-order valence-corrected chi connectivity index (χ0v) is 7.35. The zero-order valence-electron chi connectivity index (χ0n) is 7.35. The molecule has 1 aromatic heterocycles. The average molecular weight is 236 g/mol. The number of rotatable bonds is 3. The molecule has 1 aromatic rings. The van der Waals surface area contributed by atoms with Gasteiger partial charge >= 0.3 is 11.8 Å². The van der Waals surface area contributed by atoms with Gasteiger partial charge in [-0.25, -0.2) is 18.0 Å². The molecular weight excluding hydrogens is 233 g/mol. The summed E-state index contributed by atoms with van der Waals surface area (Å²) in [4.78, 5) is 22.1. The van der Waals surface area contributed by atoms with Gasteiger partial charge in [0.2, 0.25) is 0 Å². The third kappa shape index (κ3) is 2.07. The summed E-state index contributed by atoms with van der Waals surface area (Å²) in [5.74, 6) is -4.91. The van der Waals surface area contributed by atoms with Gasteiger partial charge in [-0.1, -0.05) is 0 Å². The number of aromatic carboxylic acids is 1. The number of pyridine rings is 1. The quantitative estimate of drug-likeness (QED) is 0.637. The molecular formula is C7H3F3N2O4. The molecule has 0 aliphatic heterocycles. The van der Waals surface area contributed by atoms with Gasteiger partial charge in [-0.05, 0) is 9.91 Å². The topological polar surface area (TPSA) is 93.3 Å². The normalized spacial score (nSPS) is 10.5. The van der Waals surface area contributed by atoms with Crippen LogP contribution in [0, 0.1) is 15.9 Å². The second-order valence-electron chi connectivity index (χ2n) is 2.59. The molecule has 1 N–H and O–H groups in total. The van der Waals surface area contributed by atoms with E-state index in [0.717, 1.165) is 0 Å². The van der Waals surface area contributed by atoms with Gasteiger partial charge in [-0.2, -0.15) is 0 Å². The van der Waals surface area contributed by atoms with Crippen LogP contribution in [0.1, 0.15) is 22.5 Å². The van der Waals surface area contributed by atoms with Crippen LogP contribution in [-0.4, -0.2) is 21.0 Å². The molecule has 6 nitrogen and oxygen atoms in total. The van der Waals surface area contributed by atoms with Gasteiger partial charge in [-0.15, -0.1) is 0 Å². The highest BCUT2D eigenvalue weighted by Gasteiger charge is 2.31. The molecule has 0 radical (unpaired) electrons. The van der Waals surface area contributed by atoms with Gasteiger partial charge in [0.25, 0.3) is 12.1 Å².